The molecule has 0 amide bonds. The van der Waals surface area contributed by atoms with Crippen molar-refractivity contribution in [2.75, 3.05) is 32.8 Å². The third-order valence-corrected chi connectivity index (χ3v) is 8.51. The number of ether oxygens (including phenoxy) is 2. The summed E-state index contributed by atoms with van der Waals surface area (Å²) in [5.41, 5.74) is 0. The van der Waals surface area contributed by atoms with Crippen LogP contribution in [-0.2, 0) is 19.1 Å². The third-order valence-electron chi connectivity index (χ3n) is 8.51. The summed E-state index contributed by atoms with van der Waals surface area (Å²) in [7, 11) is 0. The minimum Gasteiger partial charge on any atom is -0.465 e. The molecule has 0 aromatic carbocycles. The van der Waals surface area contributed by atoms with E-state index in [4.69, 9.17) is 9.47 Å². The molecule has 0 saturated heterocycles. The standard InChI is InChI=1S/C37H73NO5/c1-5-8-11-19-26-35(25-18-9-6-2)43-37(41)28-21-15-13-17-23-30-38(31-32-39)29-22-16-12-14-20-27-36(40)42-33-34(4)24-10-7-3/h34-35,39H,5-33H2,1-4H3. The molecule has 6 nitrogen and oxygen atoms in total. The van der Waals surface area contributed by atoms with Crippen LogP contribution in [-0.4, -0.2) is 60.9 Å². The molecule has 256 valence electrons. The molecule has 0 aliphatic rings. The fraction of sp³-hybridized carbons (Fsp3) is 0.946. The normalized spacial score (nSPS) is 12.9. The van der Waals surface area contributed by atoms with Crippen LogP contribution in [0.25, 0.3) is 0 Å². The van der Waals surface area contributed by atoms with Gasteiger partial charge in [-0.15, -0.1) is 0 Å². The number of esters is 2. The Balaban J connectivity index is 3.88. The van der Waals surface area contributed by atoms with Crippen molar-refractivity contribution in [3.8, 4) is 0 Å². The number of hydrogen-bond acceptors (Lipinski definition) is 6. The Bertz CT molecular complexity index is 614. The maximum atomic E-state index is 12.4. The van der Waals surface area contributed by atoms with E-state index in [2.05, 4.69) is 32.6 Å². The van der Waals surface area contributed by atoms with Crippen molar-refractivity contribution in [3.05, 3.63) is 0 Å². The van der Waals surface area contributed by atoms with Gasteiger partial charge in [0.05, 0.1) is 13.2 Å². The average molecular weight is 612 g/mol. The summed E-state index contributed by atoms with van der Waals surface area (Å²) < 4.78 is 11.3. The Morgan fingerprint density at radius 2 is 1.07 bits per heavy atom. The molecule has 0 saturated carbocycles. The van der Waals surface area contributed by atoms with Crippen molar-refractivity contribution in [3.63, 3.8) is 0 Å². The Kier molecular flexibility index (Phi) is 31.4. The van der Waals surface area contributed by atoms with Crippen LogP contribution in [0.15, 0.2) is 0 Å². The van der Waals surface area contributed by atoms with E-state index in [0.29, 0.717) is 25.4 Å². The first-order chi connectivity index (χ1) is 21.0. The second-order valence-electron chi connectivity index (χ2n) is 13.0. The summed E-state index contributed by atoms with van der Waals surface area (Å²) in [6.07, 6.45) is 26.2. The first-order valence-electron chi connectivity index (χ1n) is 18.6. The van der Waals surface area contributed by atoms with E-state index in [0.717, 1.165) is 96.7 Å². The minimum absolute atomic E-state index is 0.00141. The summed E-state index contributed by atoms with van der Waals surface area (Å²) in [6, 6.07) is 0. The highest BCUT2D eigenvalue weighted by Crippen LogP contribution is 2.17. The van der Waals surface area contributed by atoms with Gasteiger partial charge in [0.15, 0.2) is 0 Å². The van der Waals surface area contributed by atoms with Crippen LogP contribution < -0.4 is 0 Å². The molecule has 2 unspecified atom stereocenters. The zero-order valence-electron chi connectivity index (χ0n) is 29.2. The Labute approximate surface area is 267 Å². The molecule has 1 N–H and O–H groups in total. The van der Waals surface area contributed by atoms with Crippen LogP contribution >= 0.6 is 0 Å². The van der Waals surface area contributed by atoms with Crippen LogP contribution in [0.5, 0.6) is 0 Å². The van der Waals surface area contributed by atoms with Crippen LogP contribution in [0, 0.1) is 5.92 Å². The van der Waals surface area contributed by atoms with Crippen molar-refractivity contribution in [1.29, 1.82) is 0 Å². The van der Waals surface area contributed by atoms with E-state index in [1.807, 2.05) is 0 Å². The molecule has 0 spiro atoms. The summed E-state index contributed by atoms with van der Waals surface area (Å²) in [4.78, 5) is 26.8. The van der Waals surface area contributed by atoms with Crippen molar-refractivity contribution in [2.24, 2.45) is 5.92 Å². The first kappa shape index (κ1) is 41.9. The van der Waals surface area contributed by atoms with Crippen molar-refractivity contribution in [1.82, 2.24) is 4.90 Å². The fourth-order valence-electron chi connectivity index (χ4n) is 5.62. The number of aliphatic hydroxyl groups excluding tert-OH is 1. The lowest BCUT2D eigenvalue weighted by Crippen LogP contribution is -2.29. The Morgan fingerprint density at radius 1 is 0.581 bits per heavy atom. The van der Waals surface area contributed by atoms with Crippen molar-refractivity contribution in [2.45, 2.75) is 188 Å². The van der Waals surface area contributed by atoms with E-state index in [9.17, 15) is 14.7 Å². The maximum Gasteiger partial charge on any atom is 0.306 e. The van der Waals surface area contributed by atoms with E-state index >= 15 is 0 Å². The van der Waals surface area contributed by atoms with Crippen LogP contribution in [0.4, 0.5) is 0 Å². The summed E-state index contributed by atoms with van der Waals surface area (Å²) in [6.45, 7) is 12.4. The Morgan fingerprint density at radius 3 is 1.65 bits per heavy atom. The number of unbranched alkanes of at least 4 members (excludes halogenated alkanes) is 14. The van der Waals surface area contributed by atoms with Crippen LogP contribution in [0.2, 0.25) is 0 Å². The molecule has 6 heteroatoms. The lowest BCUT2D eigenvalue weighted by Gasteiger charge is -2.21. The van der Waals surface area contributed by atoms with E-state index in [1.165, 1.54) is 64.2 Å². The molecular weight excluding hydrogens is 538 g/mol. The van der Waals surface area contributed by atoms with E-state index in [-0.39, 0.29) is 24.6 Å². The maximum absolute atomic E-state index is 12.4. The highest BCUT2D eigenvalue weighted by molar-refractivity contribution is 5.69. The second kappa shape index (κ2) is 32.3. The summed E-state index contributed by atoms with van der Waals surface area (Å²) in [5, 5.41) is 9.47. The van der Waals surface area contributed by atoms with Gasteiger partial charge < -0.3 is 19.5 Å². The molecule has 0 bridgehead atoms. The molecule has 0 aliphatic carbocycles. The van der Waals surface area contributed by atoms with E-state index in [1.54, 1.807) is 0 Å². The zero-order chi connectivity index (χ0) is 31.8. The lowest BCUT2D eigenvalue weighted by atomic mass is 10.0. The molecule has 0 aliphatic heterocycles. The summed E-state index contributed by atoms with van der Waals surface area (Å²) in [5.74, 6) is 0.416. The molecule has 0 rings (SSSR count). The van der Waals surface area contributed by atoms with Gasteiger partial charge in [0.2, 0.25) is 0 Å². The predicted molar refractivity (Wildman–Crippen MR) is 181 cm³/mol. The monoisotopic (exact) mass is 612 g/mol. The SMILES string of the molecule is CCCCCCC(CCCCC)OC(=O)CCCCCCCN(CCO)CCCCCCCC(=O)OCC(C)CCCC. The molecule has 2 atom stereocenters. The number of hydrogen-bond donors (Lipinski definition) is 1. The largest absolute Gasteiger partial charge is 0.465 e. The number of carbonyl (C=O) groups excluding carboxylic acids is 2. The molecule has 0 radical (unpaired) electrons. The predicted octanol–water partition coefficient (Wildman–Crippen LogP) is 9.79. The van der Waals surface area contributed by atoms with Crippen LogP contribution in [0.1, 0.15) is 182 Å². The van der Waals surface area contributed by atoms with Gasteiger partial charge in [-0.25, -0.2) is 0 Å². The Hall–Kier alpha value is -1.14. The zero-order valence-corrected chi connectivity index (χ0v) is 29.2. The molecular formula is C37H73NO5. The fourth-order valence-corrected chi connectivity index (χ4v) is 5.62. The van der Waals surface area contributed by atoms with Crippen molar-refractivity contribution < 1.29 is 24.2 Å². The molecule has 0 aromatic heterocycles. The number of carbonyl (C=O) groups is 2. The second-order valence-corrected chi connectivity index (χ2v) is 13.0. The highest BCUT2D eigenvalue weighted by Gasteiger charge is 2.14. The van der Waals surface area contributed by atoms with Gasteiger partial charge in [-0.05, 0) is 76.8 Å². The van der Waals surface area contributed by atoms with Gasteiger partial charge >= 0.3 is 11.9 Å². The smallest absolute Gasteiger partial charge is 0.306 e. The average Bonchev–Trinajstić information content (AvgIpc) is 2.99. The van der Waals surface area contributed by atoms with Gasteiger partial charge in [-0.1, -0.05) is 111 Å². The highest BCUT2D eigenvalue weighted by atomic mass is 16.5. The molecule has 0 fully saturated rings. The summed E-state index contributed by atoms with van der Waals surface area (Å²) >= 11 is 0. The van der Waals surface area contributed by atoms with Gasteiger partial charge in [0.1, 0.15) is 6.10 Å². The molecule has 43 heavy (non-hydrogen) atoms. The van der Waals surface area contributed by atoms with Crippen LogP contribution in [0.3, 0.4) is 0 Å². The first-order valence-corrected chi connectivity index (χ1v) is 18.6. The number of aliphatic hydroxyl groups is 1. The number of nitrogens with zero attached hydrogens (tertiary/aromatic N) is 1. The van der Waals surface area contributed by atoms with Crippen molar-refractivity contribution >= 4 is 11.9 Å². The lowest BCUT2D eigenvalue weighted by molar-refractivity contribution is -0.150. The number of rotatable bonds is 33. The van der Waals surface area contributed by atoms with Gasteiger partial charge in [0.25, 0.3) is 0 Å². The van der Waals surface area contributed by atoms with E-state index < -0.39 is 0 Å². The quantitative estimate of drug-likeness (QED) is 0.0588. The molecule has 0 heterocycles. The minimum atomic E-state index is -0.0444. The third kappa shape index (κ3) is 29.3. The van der Waals surface area contributed by atoms with Gasteiger partial charge in [0, 0.05) is 19.4 Å². The van der Waals surface area contributed by atoms with Gasteiger partial charge in [-0.2, -0.15) is 0 Å². The topological polar surface area (TPSA) is 76.1 Å². The van der Waals surface area contributed by atoms with Gasteiger partial charge in [-0.3, -0.25) is 9.59 Å². The molecule has 0 aromatic rings.